The zero-order valence-corrected chi connectivity index (χ0v) is 12.2. The van der Waals surface area contributed by atoms with Crippen LogP contribution in [0, 0.1) is 0 Å². The lowest BCUT2D eigenvalue weighted by Crippen LogP contribution is -2.19. The summed E-state index contributed by atoms with van der Waals surface area (Å²) in [5.74, 6) is 1.62. The first-order chi connectivity index (χ1) is 10.8. The highest BCUT2D eigenvalue weighted by Gasteiger charge is 2.21. The maximum absolute atomic E-state index is 4.38. The van der Waals surface area contributed by atoms with Gasteiger partial charge in [-0.25, -0.2) is 9.97 Å². The molecule has 0 unspecified atom stereocenters. The Labute approximate surface area is 128 Å². The summed E-state index contributed by atoms with van der Waals surface area (Å²) in [7, 11) is 2.01. The van der Waals surface area contributed by atoms with E-state index in [2.05, 4.69) is 43.4 Å². The Balaban J connectivity index is 1.69. The number of anilines is 4. The Kier molecular flexibility index (Phi) is 2.96. The molecule has 1 aromatic carbocycles. The molecule has 5 heteroatoms. The van der Waals surface area contributed by atoms with Crippen molar-refractivity contribution in [2.75, 3.05) is 17.3 Å². The van der Waals surface area contributed by atoms with Crippen molar-refractivity contribution in [2.45, 2.75) is 6.42 Å². The predicted octanol–water partition coefficient (Wildman–Crippen LogP) is 3.29. The van der Waals surface area contributed by atoms with Crippen LogP contribution < -0.4 is 10.2 Å². The van der Waals surface area contributed by atoms with Crippen molar-refractivity contribution >= 4 is 23.0 Å². The summed E-state index contributed by atoms with van der Waals surface area (Å²) in [6.45, 7) is 0. The van der Waals surface area contributed by atoms with Gasteiger partial charge in [0, 0.05) is 37.8 Å². The van der Waals surface area contributed by atoms with Gasteiger partial charge in [-0.2, -0.15) is 0 Å². The number of fused-ring (bicyclic) bond motifs is 2. The molecule has 1 aliphatic rings. The molecule has 0 atom stereocenters. The molecule has 5 nitrogen and oxygen atoms in total. The van der Waals surface area contributed by atoms with E-state index in [0.29, 0.717) is 0 Å². The Morgan fingerprint density at radius 3 is 2.77 bits per heavy atom. The summed E-state index contributed by atoms with van der Waals surface area (Å²) in [4.78, 5) is 15.2. The standard InChI is InChI=1S/C17H15N5/c1-22-15-6-5-12(10-13-4-2-3-7-18-13)11-14(15)21-16-17(22)20-9-8-19-16/h2-9,11H,10H2,1H3,(H,19,21). The van der Waals surface area contributed by atoms with Crippen molar-refractivity contribution in [1.29, 1.82) is 0 Å². The van der Waals surface area contributed by atoms with Crippen molar-refractivity contribution in [3.8, 4) is 0 Å². The van der Waals surface area contributed by atoms with E-state index in [0.717, 1.165) is 35.1 Å². The molecule has 0 radical (unpaired) electrons. The van der Waals surface area contributed by atoms with Crippen LogP contribution in [0.4, 0.5) is 23.0 Å². The van der Waals surface area contributed by atoms with Gasteiger partial charge in [-0.15, -0.1) is 0 Å². The first-order valence-corrected chi connectivity index (χ1v) is 7.16. The van der Waals surface area contributed by atoms with E-state index in [1.807, 2.05) is 31.4 Å². The Hall–Kier alpha value is -2.95. The van der Waals surface area contributed by atoms with Gasteiger partial charge in [0.2, 0.25) is 0 Å². The minimum atomic E-state index is 0.785. The van der Waals surface area contributed by atoms with Crippen molar-refractivity contribution in [3.63, 3.8) is 0 Å². The third kappa shape index (κ3) is 2.16. The summed E-state index contributed by atoms with van der Waals surface area (Å²) >= 11 is 0. The van der Waals surface area contributed by atoms with E-state index in [-0.39, 0.29) is 0 Å². The first kappa shape index (κ1) is 12.8. The number of rotatable bonds is 2. The number of hydrogen-bond acceptors (Lipinski definition) is 5. The average molecular weight is 289 g/mol. The molecule has 0 saturated heterocycles. The summed E-state index contributed by atoms with van der Waals surface area (Å²) in [6, 6.07) is 12.4. The van der Waals surface area contributed by atoms with E-state index < -0.39 is 0 Å². The highest BCUT2D eigenvalue weighted by atomic mass is 15.3. The lowest BCUT2D eigenvalue weighted by molar-refractivity contribution is 1.05. The van der Waals surface area contributed by atoms with Gasteiger partial charge < -0.3 is 10.2 Å². The molecule has 3 aromatic rings. The second kappa shape index (κ2) is 5.11. The van der Waals surface area contributed by atoms with Crippen LogP contribution in [0.2, 0.25) is 0 Å². The molecule has 4 rings (SSSR count). The van der Waals surface area contributed by atoms with Crippen LogP contribution in [-0.4, -0.2) is 22.0 Å². The van der Waals surface area contributed by atoms with Crippen molar-refractivity contribution in [2.24, 2.45) is 0 Å². The Bertz CT molecular complexity index is 816. The fourth-order valence-corrected chi connectivity index (χ4v) is 2.70. The molecule has 0 fully saturated rings. The van der Waals surface area contributed by atoms with Crippen LogP contribution in [-0.2, 0) is 6.42 Å². The minimum Gasteiger partial charge on any atom is -0.335 e. The summed E-state index contributed by atoms with van der Waals surface area (Å²) < 4.78 is 0. The van der Waals surface area contributed by atoms with Gasteiger partial charge in [-0.3, -0.25) is 4.98 Å². The topological polar surface area (TPSA) is 53.9 Å². The number of hydrogen-bond donors (Lipinski definition) is 1. The third-order valence-corrected chi connectivity index (χ3v) is 3.78. The number of aromatic nitrogens is 3. The molecule has 1 aliphatic heterocycles. The zero-order valence-electron chi connectivity index (χ0n) is 12.2. The molecule has 3 heterocycles. The molecule has 22 heavy (non-hydrogen) atoms. The zero-order chi connectivity index (χ0) is 14.9. The van der Waals surface area contributed by atoms with Crippen LogP contribution in [0.3, 0.4) is 0 Å². The number of benzene rings is 1. The molecule has 0 spiro atoms. The smallest absolute Gasteiger partial charge is 0.176 e. The predicted molar refractivity (Wildman–Crippen MR) is 86.9 cm³/mol. The second-order valence-corrected chi connectivity index (χ2v) is 5.26. The van der Waals surface area contributed by atoms with Crippen LogP contribution >= 0.6 is 0 Å². The maximum Gasteiger partial charge on any atom is 0.176 e. The van der Waals surface area contributed by atoms with Gasteiger partial charge in [0.15, 0.2) is 11.6 Å². The fraction of sp³-hybridized carbons (Fsp3) is 0.118. The molecular formula is C17H15N5. The minimum absolute atomic E-state index is 0.785. The van der Waals surface area contributed by atoms with Crippen molar-refractivity contribution in [1.82, 2.24) is 15.0 Å². The lowest BCUT2D eigenvalue weighted by atomic mass is 10.1. The number of nitrogens with one attached hydrogen (secondary N) is 1. The van der Waals surface area contributed by atoms with Crippen LogP contribution in [0.25, 0.3) is 0 Å². The normalized spacial score (nSPS) is 12.3. The number of pyridine rings is 1. The molecular weight excluding hydrogens is 274 g/mol. The molecule has 108 valence electrons. The molecule has 1 N–H and O–H groups in total. The van der Waals surface area contributed by atoms with Gasteiger partial charge in [0.1, 0.15) is 0 Å². The first-order valence-electron chi connectivity index (χ1n) is 7.16. The average Bonchev–Trinajstić information content (AvgIpc) is 2.56. The van der Waals surface area contributed by atoms with E-state index >= 15 is 0 Å². The lowest BCUT2D eigenvalue weighted by Gasteiger charge is -2.29. The molecule has 0 saturated carbocycles. The van der Waals surface area contributed by atoms with Gasteiger partial charge in [-0.05, 0) is 29.8 Å². The maximum atomic E-state index is 4.38. The van der Waals surface area contributed by atoms with E-state index in [9.17, 15) is 0 Å². The summed E-state index contributed by atoms with van der Waals surface area (Å²) in [5.41, 5.74) is 4.42. The van der Waals surface area contributed by atoms with Crippen molar-refractivity contribution < 1.29 is 0 Å². The molecule has 0 aliphatic carbocycles. The SMILES string of the molecule is CN1c2ccc(Cc3ccccn3)cc2Nc2nccnc21. The molecule has 0 amide bonds. The Morgan fingerprint density at radius 1 is 1.00 bits per heavy atom. The highest BCUT2D eigenvalue weighted by molar-refractivity contribution is 5.88. The quantitative estimate of drug-likeness (QED) is 0.784. The van der Waals surface area contributed by atoms with E-state index in [1.165, 1.54) is 5.56 Å². The van der Waals surface area contributed by atoms with Gasteiger partial charge in [-0.1, -0.05) is 12.1 Å². The third-order valence-electron chi connectivity index (χ3n) is 3.78. The Morgan fingerprint density at radius 2 is 1.91 bits per heavy atom. The van der Waals surface area contributed by atoms with Crippen LogP contribution in [0.1, 0.15) is 11.3 Å². The fourth-order valence-electron chi connectivity index (χ4n) is 2.70. The summed E-state index contributed by atoms with van der Waals surface area (Å²) in [5, 5.41) is 3.36. The highest BCUT2D eigenvalue weighted by Crippen LogP contribution is 2.40. The monoisotopic (exact) mass is 289 g/mol. The molecule has 0 bridgehead atoms. The van der Waals surface area contributed by atoms with Gasteiger partial charge >= 0.3 is 0 Å². The van der Waals surface area contributed by atoms with E-state index in [4.69, 9.17) is 0 Å². The van der Waals surface area contributed by atoms with Gasteiger partial charge in [0.25, 0.3) is 0 Å². The number of nitrogens with zero attached hydrogens (tertiary/aromatic N) is 4. The van der Waals surface area contributed by atoms with Crippen LogP contribution in [0.5, 0.6) is 0 Å². The van der Waals surface area contributed by atoms with Gasteiger partial charge in [0.05, 0.1) is 11.4 Å². The van der Waals surface area contributed by atoms with Crippen molar-refractivity contribution in [3.05, 3.63) is 66.2 Å². The summed E-state index contributed by atoms with van der Waals surface area (Å²) in [6.07, 6.45) is 6.04. The van der Waals surface area contributed by atoms with E-state index in [1.54, 1.807) is 12.4 Å². The second-order valence-electron chi connectivity index (χ2n) is 5.26. The van der Waals surface area contributed by atoms with Crippen LogP contribution in [0.15, 0.2) is 55.0 Å². The molecule has 2 aromatic heterocycles. The largest absolute Gasteiger partial charge is 0.335 e.